The minimum atomic E-state index is -4.54. The van der Waals surface area contributed by atoms with Crippen molar-refractivity contribution >= 4 is 35.0 Å². The van der Waals surface area contributed by atoms with Crippen molar-refractivity contribution in [1.29, 1.82) is 0 Å². The van der Waals surface area contributed by atoms with E-state index in [0.29, 0.717) is 11.3 Å². The average molecular weight is 406 g/mol. The molecule has 0 N–H and O–H groups in total. The van der Waals surface area contributed by atoms with Crippen molar-refractivity contribution in [1.82, 2.24) is 14.6 Å². The van der Waals surface area contributed by atoms with Gasteiger partial charge in [-0.2, -0.15) is 13.2 Å². The predicted octanol–water partition coefficient (Wildman–Crippen LogP) is 4.38. The molecule has 11 heteroatoms. The number of furan rings is 1. The van der Waals surface area contributed by atoms with Crippen molar-refractivity contribution in [3.63, 3.8) is 0 Å². The molecule has 0 bridgehead atoms. The maximum Gasteiger partial charge on any atom is 0.417 e. The van der Waals surface area contributed by atoms with Crippen LogP contribution >= 0.6 is 23.4 Å². The molecule has 138 valence electrons. The molecular weight excluding hydrogens is 395 g/mol. The number of carbonyl (C=O) groups is 1. The molecule has 0 saturated heterocycles. The van der Waals surface area contributed by atoms with Gasteiger partial charge in [0.15, 0.2) is 10.8 Å². The number of esters is 1. The summed E-state index contributed by atoms with van der Waals surface area (Å²) < 4.78 is 50.1. The van der Waals surface area contributed by atoms with Crippen LogP contribution < -0.4 is 0 Å². The second-order valence-electron chi connectivity index (χ2n) is 5.26. The number of thioether (sulfide) groups is 1. The Labute approximate surface area is 154 Å². The molecule has 0 atom stereocenters. The summed E-state index contributed by atoms with van der Waals surface area (Å²) in [4.78, 5) is 11.6. The van der Waals surface area contributed by atoms with Gasteiger partial charge in [0.2, 0.25) is 5.76 Å². The summed E-state index contributed by atoms with van der Waals surface area (Å²) in [5.74, 6) is 0.152. The van der Waals surface area contributed by atoms with Crippen LogP contribution in [-0.2, 0) is 16.7 Å². The lowest BCUT2D eigenvalue weighted by molar-refractivity contribution is -0.137. The number of aromatic nitrogens is 3. The quantitative estimate of drug-likeness (QED) is 0.474. The maximum atomic E-state index is 13.0. The summed E-state index contributed by atoms with van der Waals surface area (Å²) >= 11 is 6.97. The maximum absolute atomic E-state index is 13.0. The molecule has 6 nitrogen and oxygen atoms in total. The summed E-state index contributed by atoms with van der Waals surface area (Å²) in [6, 6.07) is 2.45. The third-order valence-corrected chi connectivity index (χ3v) is 4.68. The topological polar surface area (TPSA) is 69.6 Å². The van der Waals surface area contributed by atoms with Crippen LogP contribution in [0.25, 0.3) is 5.65 Å². The minimum Gasteiger partial charge on any atom is -0.463 e. The van der Waals surface area contributed by atoms with Crippen LogP contribution in [0.3, 0.4) is 0 Å². The summed E-state index contributed by atoms with van der Waals surface area (Å²) in [6.07, 6.45) is -3.66. The van der Waals surface area contributed by atoms with E-state index in [9.17, 15) is 18.0 Å². The Balaban J connectivity index is 1.88. The number of aryl methyl sites for hydroxylation is 1. The monoisotopic (exact) mass is 405 g/mol. The Morgan fingerprint density at radius 2 is 2.12 bits per heavy atom. The third-order valence-electron chi connectivity index (χ3n) is 3.44. The molecule has 3 aromatic rings. The lowest BCUT2D eigenvalue weighted by Gasteiger charge is -2.08. The fourth-order valence-electron chi connectivity index (χ4n) is 2.24. The number of halogens is 4. The molecule has 0 spiro atoms. The number of ether oxygens (including phenoxy) is 1. The normalized spacial score (nSPS) is 11.9. The number of rotatable bonds is 4. The van der Waals surface area contributed by atoms with Gasteiger partial charge in [-0.15, -0.1) is 10.2 Å². The van der Waals surface area contributed by atoms with E-state index in [4.69, 9.17) is 16.0 Å². The molecule has 3 aromatic heterocycles. The number of fused-ring (bicyclic) bond motifs is 1. The largest absolute Gasteiger partial charge is 0.463 e. The zero-order valence-corrected chi connectivity index (χ0v) is 15.0. The van der Waals surface area contributed by atoms with Crippen molar-refractivity contribution in [2.75, 3.05) is 7.11 Å². The molecule has 0 unspecified atom stereocenters. The number of hydrogen-bond acceptors (Lipinski definition) is 6. The van der Waals surface area contributed by atoms with E-state index in [0.717, 1.165) is 24.0 Å². The molecule has 0 aromatic carbocycles. The van der Waals surface area contributed by atoms with E-state index < -0.39 is 17.7 Å². The van der Waals surface area contributed by atoms with Gasteiger partial charge in [-0.05, 0) is 19.1 Å². The number of carbonyl (C=O) groups excluding carboxylic acids is 1. The minimum absolute atomic E-state index is 0.0802. The van der Waals surface area contributed by atoms with E-state index >= 15 is 0 Å². The Hall–Kier alpha value is -2.20. The molecule has 0 fully saturated rings. The van der Waals surface area contributed by atoms with Crippen molar-refractivity contribution in [3.8, 4) is 0 Å². The van der Waals surface area contributed by atoms with E-state index in [2.05, 4.69) is 14.9 Å². The van der Waals surface area contributed by atoms with Gasteiger partial charge in [-0.25, -0.2) is 4.79 Å². The van der Waals surface area contributed by atoms with Crippen molar-refractivity contribution < 1.29 is 27.1 Å². The average Bonchev–Trinajstić information content (AvgIpc) is 3.15. The summed E-state index contributed by atoms with van der Waals surface area (Å²) in [5, 5.41) is 7.73. The molecule has 3 heterocycles. The third kappa shape index (κ3) is 3.51. The van der Waals surface area contributed by atoms with Crippen LogP contribution in [0.1, 0.15) is 27.4 Å². The number of hydrogen-bond donors (Lipinski definition) is 0. The molecule has 0 aliphatic heterocycles. The molecule has 26 heavy (non-hydrogen) atoms. The second-order valence-corrected chi connectivity index (χ2v) is 6.61. The first-order valence-electron chi connectivity index (χ1n) is 7.12. The second kappa shape index (κ2) is 6.84. The van der Waals surface area contributed by atoms with Crippen LogP contribution in [0.5, 0.6) is 0 Å². The number of methoxy groups -OCH3 is 1. The van der Waals surface area contributed by atoms with Crippen LogP contribution in [0.15, 0.2) is 27.9 Å². The fourth-order valence-corrected chi connectivity index (χ4v) is 3.27. The fraction of sp³-hybridized carbons (Fsp3) is 0.267. The lowest BCUT2D eigenvalue weighted by Crippen LogP contribution is -2.07. The van der Waals surface area contributed by atoms with Crippen molar-refractivity contribution in [3.05, 3.63) is 46.0 Å². The van der Waals surface area contributed by atoms with Crippen molar-refractivity contribution in [2.24, 2.45) is 0 Å². The lowest BCUT2D eigenvalue weighted by atomic mass is 10.3. The molecule has 0 aliphatic rings. The predicted molar refractivity (Wildman–Crippen MR) is 87.3 cm³/mol. The van der Waals surface area contributed by atoms with Gasteiger partial charge < -0.3 is 9.15 Å². The van der Waals surface area contributed by atoms with Gasteiger partial charge in [0, 0.05) is 11.8 Å². The highest BCUT2D eigenvalue weighted by molar-refractivity contribution is 7.98. The molecule has 0 amide bonds. The molecule has 3 rings (SSSR count). The molecule has 0 aliphatic carbocycles. The smallest absolute Gasteiger partial charge is 0.417 e. The highest BCUT2D eigenvalue weighted by Gasteiger charge is 2.32. The molecular formula is C15H11ClF3N3O3S. The zero-order valence-electron chi connectivity index (χ0n) is 13.4. The highest BCUT2D eigenvalue weighted by atomic mass is 35.5. The summed E-state index contributed by atoms with van der Waals surface area (Å²) in [5.41, 5.74) is -0.188. The Morgan fingerprint density at radius 3 is 2.77 bits per heavy atom. The van der Waals surface area contributed by atoms with Gasteiger partial charge >= 0.3 is 12.1 Å². The van der Waals surface area contributed by atoms with Gasteiger partial charge in [0.1, 0.15) is 5.76 Å². The van der Waals surface area contributed by atoms with E-state index in [-0.39, 0.29) is 27.3 Å². The number of pyridine rings is 1. The van der Waals surface area contributed by atoms with Gasteiger partial charge in [-0.1, -0.05) is 23.4 Å². The van der Waals surface area contributed by atoms with Gasteiger partial charge in [-0.3, -0.25) is 4.40 Å². The SMILES string of the molecule is COC(=O)c1oc(CSc2nnc3c(Cl)cc(C(F)(F)F)cn23)cc1C. The van der Waals surface area contributed by atoms with Gasteiger partial charge in [0.05, 0.1) is 23.4 Å². The summed E-state index contributed by atoms with van der Waals surface area (Å²) in [6.45, 7) is 1.69. The Bertz CT molecular complexity index is 984. The highest BCUT2D eigenvalue weighted by Crippen LogP contribution is 2.34. The number of alkyl halides is 3. The summed E-state index contributed by atoms with van der Waals surface area (Å²) in [7, 11) is 1.24. The zero-order chi connectivity index (χ0) is 19.1. The van der Waals surface area contributed by atoms with Crippen LogP contribution in [0.4, 0.5) is 13.2 Å². The van der Waals surface area contributed by atoms with E-state index in [1.807, 2.05) is 0 Å². The first kappa shape index (κ1) is 18.6. The first-order chi connectivity index (χ1) is 12.2. The van der Waals surface area contributed by atoms with Crippen LogP contribution in [-0.4, -0.2) is 27.7 Å². The Morgan fingerprint density at radius 1 is 1.38 bits per heavy atom. The van der Waals surface area contributed by atoms with E-state index in [1.54, 1.807) is 13.0 Å². The van der Waals surface area contributed by atoms with Crippen LogP contribution in [0, 0.1) is 6.92 Å². The Kier molecular flexibility index (Phi) is 4.89. The van der Waals surface area contributed by atoms with Crippen LogP contribution in [0.2, 0.25) is 5.02 Å². The number of nitrogens with zero attached hydrogens (tertiary/aromatic N) is 3. The molecule has 0 radical (unpaired) electrons. The first-order valence-corrected chi connectivity index (χ1v) is 8.49. The molecule has 0 saturated carbocycles. The standard InChI is InChI=1S/C15H11ClF3N3O3S/c1-7-3-9(25-11(7)13(23)24-2)6-26-14-21-20-12-10(16)4-8(5-22(12)14)15(17,18)19/h3-5H,6H2,1-2H3. The van der Waals surface area contributed by atoms with E-state index in [1.165, 1.54) is 11.5 Å². The van der Waals surface area contributed by atoms with Gasteiger partial charge in [0.25, 0.3) is 0 Å². The van der Waals surface area contributed by atoms with Crippen molar-refractivity contribution in [2.45, 2.75) is 24.0 Å².